The Morgan fingerprint density at radius 1 is 1.07 bits per heavy atom. The normalized spacial score (nSPS) is 11.3. The lowest BCUT2D eigenvalue weighted by Crippen LogP contribution is -2.41. The summed E-state index contributed by atoms with van der Waals surface area (Å²) in [5.74, 6) is 0.529. The standard InChI is InChI=1S/C21H28N2O4S/c1-5-27-19-10-12-20(13-11-19)28(25,26)23(15-21(24)22-14-16(2)3)18-8-6-17(4)7-9-18/h6-13,16H,5,14-15H2,1-4H3,(H,22,24). The smallest absolute Gasteiger partial charge is 0.264 e. The SMILES string of the molecule is CCOc1ccc(S(=O)(=O)N(CC(=O)NCC(C)C)c2ccc(C)cc2)cc1. The maximum Gasteiger partial charge on any atom is 0.264 e. The largest absolute Gasteiger partial charge is 0.494 e. The highest BCUT2D eigenvalue weighted by Gasteiger charge is 2.27. The molecule has 6 nitrogen and oxygen atoms in total. The van der Waals surface area contributed by atoms with Crippen LogP contribution in [0.3, 0.4) is 0 Å². The van der Waals surface area contributed by atoms with Gasteiger partial charge in [-0.15, -0.1) is 0 Å². The second kappa shape index (κ2) is 9.59. The van der Waals surface area contributed by atoms with Crippen LogP contribution in [0.2, 0.25) is 0 Å². The number of anilines is 1. The number of nitrogens with one attached hydrogen (secondary N) is 1. The van der Waals surface area contributed by atoms with Crippen molar-refractivity contribution < 1.29 is 17.9 Å². The van der Waals surface area contributed by atoms with Crippen LogP contribution >= 0.6 is 0 Å². The molecule has 28 heavy (non-hydrogen) atoms. The summed E-state index contributed by atoms with van der Waals surface area (Å²) >= 11 is 0. The quantitative estimate of drug-likeness (QED) is 0.695. The number of rotatable bonds is 9. The maximum absolute atomic E-state index is 13.3. The minimum absolute atomic E-state index is 0.105. The van der Waals surface area contributed by atoms with Gasteiger partial charge in [-0.2, -0.15) is 0 Å². The number of hydrogen-bond donors (Lipinski definition) is 1. The molecule has 0 aliphatic heterocycles. The van der Waals surface area contributed by atoms with E-state index in [1.54, 1.807) is 24.3 Å². The van der Waals surface area contributed by atoms with E-state index in [9.17, 15) is 13.2 Å². The van der Waals surface area contributed by atoms with E-state index in [2.05, 4.69) is 5.32 Å². The zero-order valence-corrected chi connectivity index (χ0v) is 17.6. The van der Waals surface area contributed by atoms with E-state index in [0.717, 1.165) is 9.87 Å². The number of hydrogen-bond acceptors (Lipinski definition) is 4. The predicted molar refractivity (Wildman–Crippen MR) is 111 cm³/mol. The molecular weight excluding hydrogens is 376 g/mol. The Bertz CT molecular complexity index is 876. The maximum atomic E-state index is 13.3. The van der Waals surface area contributed by atoms with Crippen molar-refractivity contribution in [1.82, 2.24) is 5.32 Å². The predicted octanol–water partition coefficient (Wildman–Crippen LogP) is 3.36. The summed E-state index contributed by atoms with van der Waals surface area (Å²) in [5.41, 5.74) is 1.45. The summed E-state index contributed by atoms with van der Waals surface area (Å²) in [6.07, 6.45) is 0. The monoisotopic (exact) mass is 404 g/mol. The molecule has 152 valence electrons. The van der Waals surface area contributed by atoms with Gasteiger partial charge in [0.15, 0.2) is 0 Å². The summed E-state index contributed by atoms with van der Waals surface area (Å²) in [4.78, 5) is 12.5. The number of benzene rings is 2. The van der Waals surface area contributed by atoms with Gasteiger partial charge >= 0.3 is 0 Å². The van der Waals surface area contributed by atoms with Gasteiger partial charge in [-0.25, -0.2) is 8.42 Å². The van der Waals surface area contributed by atoms with Crippen LogP contribution in [0.15, 0.2) is 53.4 Å². The van der Waals surface area contributed by atoms with Crippen molar-refractivity contribution in [3.8, 4) is 5.75 Å². The van der Waals surface area contributed by atoms with E-state index in [1.165, 1.54) is 12.1 Å². The van der Waals surface area contributed by atoms with Crippen molar-refractivity contribution in [2.45, 2.75) is 32.6 Å². The second-order valence-electron chi connectivity index (χ2n) is 6.95. The Balaban J connectivity index is 2.35. The molecule has 0 fully saturated rings. The van der Waals surface area contributed by atoms with Crippen molar-refractivity contribution in [2.24, 2.45) is 5.92 Å². The van der Waals surface area contributed by atoms with Crippen molar-refractivity contribution >= 4 is 21.6 Å². The van der Waals surface area contributed by atoms with Gasteiger partial charge in [-0.1, -0.05) is 31.5 Å². The highest BCUT2D eigenvalue weighted by molar-refractivity contribution is 7.92. The van der Waals surface area contributed by atoms with Crippen molar-refractivity contribution in [2.75, 3.05) is 24.0 Å². The van der Waals surface area contributed by atoms with Crippen LogP contribution in [0.5, 0.6) is 5.75 Å². The van der Waals surface area contributed by atoms with Crippen LogP contribution < -0.4 is 14.4 Å². The highest BCUT2D eigenvalue weighted by atomic mass is 32.2. The number of amides is 1. The molecule has 2 rings (SSSR count). The van der Waals surface area contributed by atoms with Crippen molar-refractivity contribution in [3.05, 3.63) is 54.1 Å². The third kappa shape index (κ3) is 5.73. The van der Waals surface area contributed by atoms with E-state index in [1.807, 2.05) is 39.8 Å². The number of sulfonamides is 1. The molecule has 1 N–H and O–H groups in total. The molecule has 0 aliphatic carbocycles. The summed E-state index contributed by atoms with van der Waals surface area (Å²) in [5, 5.41) is 2.78. The molecule has 0 radical (unpaired) electrons. The van der Waals surface area contributed by atoms with Gasteiger partial charge in [0.05, 0.1) is 17.2 Å². The second-order valence-corrected chi connectivity index (χ2v) is 8.81. The molecule has 0 atom stereocenters. The molecular formula is C21H28N2O4S. The molecule has 0 aliphatic rings. The van der Waals surface area contributed by atoms with Crippen LogP contribution in [0.25, 0.3) is 0 Å². The number of carbonyl (C=O) groups excluding carboxylic acids is 1. The first-order valence-corrected chi connectivity index (χ1v) is 10.8. The number of nitrogens with zero attached hydrogens (tertiary/aromatic N) is 1. The van der Waals surface area contributed by atoms with E-state index < -0.39 is 10.0 Å². The number of ether oxygens (including phenoxy) is 1. The fraction of sp³-hybridized carbons (Fsp3) is 0.381. The highest BCUT2D eigenvalue weighted by Crippen LogP contribution is 2.25. The topological polar surface area (TPSA) is 75.7 Å². The molecule has 0 heterocycles. The van der Waals surface area contributed by atoms with Gasteiger partial charge in [0.1, 0.15) is 12.3 Å². The minimum atomic E-state index is -3.92. The molecule has 0 spiro atoms. The molecule has 2 aromatic rings. The molecule has 1 amide bonds. The lowest BCUT2D eigenvalue weighted by molar-refractivity contribution is -0.119. The van der Waals surface area contributed by atoms with Gasteiger partial charge < -0.3 is 10.1 Å². The van der Waals surface area contributed by atoms with Crippen LogP contribution in [0, 0.1) is 12.8 Å². The van der Waals surface area contributed by atoms with E-state index in [4.69, 9.17) is 4.74 Å². The average Bonchev–Trinajstić information content (AvgIpc) is 2.66. The van der Waals surface area contributed by atoms with Crippen LogP contribution in [-0.4, -0.2) is 34.0 Å². The van der Waals surface area contributed by atoms with Crippen LogP contribution in [0.1, 0.15) is 26.3 Å². The van der Waals surface area contributed by atoms with Gasteiger partial charge in [0.25, 0.3) is 10.0 Å². The molecule has 0 aromatic heterocycles. The van der Waals surface area contributed by atoms with Crippen molar-refractivity contribution in [3.63, 3.8) is 0 Å². The van der Waals surface area contributed by atoms with E-state index in [0.29, 0.717) is 24.6 Å². The summed E-state index contributed by atoms with van der Waals surface area (Å²) < 4.78 is 33.0. The Hall–Kier alpha value is -2.54. The Morgan fingerprint density at radius 3 is 2.21 bits per heavy atom. The lowest BCUT2D eigenvalue weighted by atomic mass is 10.2. The molecule has 7 heteroatoms. The fourth-order valence-electron chi connectivity index (χ4n) is 2.53. The Morgan fingerprint density at radius 2 is 1.68 bits per heavy atom. The minimum Gasteiger partial charge on any atom is -0.494 e. The molecule has 0 saturated heterocycles. The lowest BCUT2D eigenvalue weighted by Gasteiger charge is -2.24. The Labute approximate surface area is 167 Å². The van der Waals surface area contributed by atoms with Crippen molar-refractivity contribution in [1.29, 1.82) is 0 Å². The average molecular weight is 405 g/mol. The van der Waals surface area contributed by atoms with Crippen LogP contribution in [0.4, 0.5) is 5.69 Å². The summed E-state index contributed by atoms with van der Waals surface area (Å²) in [7, 11) is -3.92. The molecule has 0 bridgehead atoms. The van der Waals surface area contributed by atoms with Gasteiger partial charge in [-0.3, -0.25) is 9.10 Å². The first-order valence-electron chi connectivity index (χ1n) is 9.33. The molecule has 0 saturated carbocycles. The third-order valence-corrected chi connectivity index (χ3v) is 5.83. The first kappa shape index (κ1) is 21.8. The number of carbonyl (C=O) groups is 1. The van der Waals surface area contributed by atoms with E-state index >= 15 is 0 Å². The fourth-order valence-corrected chi connectivity index (χ4v) is 3.95. The molecule has 0 unspecified atom stereocenters. The van der Waals surface area contributed by atoms with E-state index in [-0.39, 0.29) is 23.3 Å². The molecule has 2 aromatic carbocycles. The summed E-state index contributed by atoms with van der Waals surface area (Å²) in [6.45, 7) is 8.44. The Kier molecular flexibility index (Phi) is 7.45. The zero-order valence-electron chi connectivity index (χ0n) is 16.8. The first-order chi connectivity index (χ1) is 13.2. The van der Waals surface area contributed by atoms with Gasteiger partial charge in [0, 0.05) is 6.54 Å². The number of aryl methyl sites for hydroxylation is 1. The third-order valence-electron chi connectivity index (χ3n) is 4.04. The zero-order chi connectivity index (χ0) is 20.7. The van der Waals surface area contributed by atoms with Crippen LogP contribution in [-0.2, 0) is 14.8 Å². The summed E-state index contributed by atoms with van der Waals surface area (Å²) in [6, 6.07) is 13.3. The van der Waals surface area contributed by atoms with Gasteiger partial charge in [0.2, 0.25) is 5.91 Å². The van der Waals surface area contributed by atoms with Gasteiger partial charge in [-0.05, 0) is 56.2 Å².